The number of hydrogen-bond acceptors (Lipinski definition) is 4. The van der Waals surface area contributed by atoms with Gasteiger partial charge in [0.15, 0.2) is 0 Å². The lowest BCUT2D eigenvalue weighted by Crippen LogP contribution is -2.48. The molecule has 1 rings (SSSR count). The number of alkyl halides is 3. The quantitative estimate of drug-likeness (QED) is 0.290. The monoisotopic (exact) mass is 304 g/mol. The molecule has 0 aromatic carbocycles. The molecule has 1 aliphatic heterocycles. The fourth-order valence-corrected chi connectivity index (χ4v) is 2.96. The van der Waals surface area contributed by atoms with E-state index >= 15 is 0 Å². The second-order valence-corrected chi connectivity index (χ2v) is 5.89. The Bertz CT molecular complexity index is 429. The molecule has 0 amide bonds. The fraction of sp³-hybridized carbons (Fsp3) is 0.875. The molecule has 4 N–H and O–H groups in total. The lowest BCUT2D eigenvalue weighted by Gasteiger charge is -2.30. The second-order valence-electron chi connectivity index (χ2n) is 4.14. The average Bonchev–Trinajstić information content (AvgIpc) is 2.35. The van der Waals surface area contributed by atoms with Gasteiger partial charge in [0.05, 0.1) is 0 Å². The zero-order chi connectivity index (χ0) is 14.7. The lowest BCUT2D eigenvalue weighted by molar-refractivity contribution is -0.121. The minimum atomic E-state index is -4.60. The lowest BCUT2D eigenvalue weighted by atomic mass is 9.97. The van der Waals surface area contributed by atoms with Crippen LogP contribution in [-0.4, -0.2) is 49.6 Å². The van der Waals surface area contributed by atoms with E-state index in [1.54, 1.807) is 0 Å². The molecule has 0 bridgehead atoms. The molecule has 1 heterocycles. The van der Waals surface area contributed by atoms with Crippen LogP contribution < -0.4 is 10.5 Å². The number of hydrogen-bond donors (Lipinski definition) is 3. The Kier molecular flexibility index (Phi) is 4.98. The maximum absolute atomic E-state index is 12.0. The van der Waals surface area contributed by atoms with Crippen LogP contribution in [-0.2, 0) is 10.2 Å². The van der Waals surface area contributed by atoms with E-state index in [1.165, 1.54) is 4.72 Å². The number of amidine groups is 1. The molecule has 7 nitrogen and oxygen atoms in total. The van der Waals surface area contributed by atoms with Crippen molar-refractivity contribution in [3.05, 3.63) is 0 Å². The standard InChI is InChI=1S/C8H15F3N4O3S/c9-8(10,11)5-13-19(17,18)15-3-1-6(2-4-15)7(12)14-16/h6,13,16H,1-5H2,(H2,12,14). The molecule has 19 heavy (non-hydrogen) atoms. The van der Waals surface area contributed by atoms with Gasteiger partial charge in [-0.2, -0.15) is 30.6 Å². The Labute approximate surface area is 108 Å². The zero-order valence-corrected chi connectivity index (χ0v) is 10.7. The Balaban J connectivity index is 2.55. The van der Waals surface area contributed by atoms with Crippen LogP contribution in [0.3, 0.4) is 0 Å². The van der Waals surface area contributed by atoms with Crippen molar-refractivity contribution in [2.24, 2.45) is 16.8 Å². The van der Waals surface area contributed by atoms with Gasteiger partial charge in [0, 0.05) is 19.0 Å². The Morgan fingerprint density at radius 3 is 2.37 bits per heavy atom. The molecule has 0 aromatic heterocycles. The molecule has 0 unspecified atom stereocenters. The first-order valence-electron chi connectivity index (χ1n) is 5.44. The predicted molar refractivity (Wildman–Crippen MR) is 60.7 cm³/mol. The molecule has 0 saturated carbocycles. The molecule has 0 spiro atoms. The zero-order valence-electron chi connectivity index (χ0n) is 9.89. The number of piperidine rings is 1. The summed E-state index contributed by atoms with van der Waals surface area (Å²) in [7, 11) is -4.15. The summed E-state index contributed by atoms with van der Waals surface area (Å²) in [6.45, 7) is -1.56. The molecule has 0 radical (unpaired) electrons. The van der Waals surface area contributed by atoms with Crippen molar-refractivity contribution >= 4 is 16.0 Å². The van der Waals surface area contributed by atoms with E-state index in [1.807, 2.05) is 0 Å². The van der Waals surface area contributed by atoms with Crippen molar-refractivity contribution in [3.8, 4) is 0 Å². The molecule has 1 aliphatic rings. The summed E-state index contributed by atoms with van der Waals surface area (Å²) in [5.74, 6) is -0.264. The number of nitrogens with two attached hydrogens (primary N) is 1. The number of oxime groups is 1. The molecule has 0 atom stereocenters. The summed E-state index contributed by atoms with van der Waals surface area (Å²) in [5, 5.41) is 11.3. The van der Waals surface area contributed by atoms with Gasteiger partial charge in [-0.05, 0) is 12.8 Å². The van der Waals surface area contributed by atoms with Crippen molar-refractivity contribution < 1.29 is 26.8 Å². The van der Waals surface area contributed by atoms with Gasteiger partial charge in [0.2, 0.25) is 0 Å². The number of halogens is 3. The molecule has 0 aromatic rings. The smallest absolute Gasteiger partial charge is 0.402 e. The van der Waals surface area contributed by atoms with Crippen molar-refractivity contribution in [1.82, 2.24) is 9.03 Å². The minimum absolute atomic E-state index is 0.000277. The second kappa shape index (κ2) is 5.92. The summed E-state index contributed by atoms with van der Waals surface area (Å²) in [4.78, 5) is 0. The van der Waals surface area contributed by atoms with Crippen molar-refractivity contribution in [1.29, 1.82) is 0 Å². The van der Waals surface area contributed by atoms with E-state index in [0.717, 1.165) is 4.31 Å². The predicted octanol–water partition coefficient (Wildman–Crippen LogP) is -0.159. The Hall–Kier alpha value is -1.07. The Morgan fingerprint density at radius 1 is 1.42 bits per heavy atom. The Morgan fingerprint density at radius 2 is 1.95 bits per heavy atom. The van der Waals surface area contributed by atoms with Crippen LogP contribution in [0.5, 0.6) is 0 Å². The third-order valence-corrected chi connectivity index (χ3v) is 4.34. The summed E-state index contributed by atoms with van der Waals surface area (Å²) in [6, 6.07) is 0. The summed E-state index contributed by atoms with van der Waals surface area (Å²) in [5.41, 5.74) is 5.39. The molecule has 1 saturated heterocycles. The van der Waals surface area contributed by atoms with Crippen molar-refractivity contribution in [3.63, 3.8) is 0 Å². The van der Waals surface area contributed by atoms with Crippen LogP contribution in [0.4, 0.5) is 13.2 Å². The average molecular weight is 304 g/mol. The first-order valence-corrected chi connectivity index (χ1v) is 6.88. The van der Waals surface area contributed by atoms with Crippen molar-refractivity contribution in [2.45, 2.75) is 19.0 Å². The van der Waals surface area contributed by atoms with Gasteiger partial charge in [-0.1, -0.05) is 5.16 Å². The maximum atomic E-state index is 12.0. The van der Waals surface area contributed by atoms with Crippen LogP contribution in [0.2, 0.25) is 0 Å². The van der Waals surface area contributed by atoms with Gasteiger partial charge in [0.25, 0.3) is 10.2 Å². The van der Waals surface area contributed by atoms with Gasteiger partial charge in [-0.3, -0.25) is 0 Å². The van der Waals surface area contributed by atoms with Gasteiger partial charge in [0.1, 0.15) is 12.4 Å². The van der Waals surface area contributed by atoms with E-state index < -0.39 is 22.9 Å². The highest BCUT2D eigenvalue weighted by atomic mass is 32.2. The SMILES string of the molecule is NC(=NO)C1CCN(S(=O)(=O)NCC(F)(F)F)CC1. The first kappa shape index (κ1) is 16.0. The fourth-order valence-electron chi connectivity index (χ4n) is 1.74. The topological polar surface area (TPSA) is 108 Å². The number of nitrogens with zero attached hydrogens (tertiary/aromatic N) is 2. The largest absolute Gasteiger partial charge is 0.409 e. The van der Waals surface area contributed by atoms with Gasteiger partial charge in [-0.25, -0.2) is 0 Å². The van der Waals surface area contributed by atoms with Crippen LogP contribution in [0.1, 0.15) is 12.8 Å². The van der Waals surface area contributed by atoms with E-state index in [2.05, 4.69) is 5.16 Å². The van der Waals surface area contributed by atoms with E-state index in [9.17, 15) is 21.6 Å². The summed E-state index contributed by atoms with van der Waals surface area (Å²) >= 11 is 0. The summed E-state index contributed by atoms with van der Waals surface area (Å²) in [6.07, 6.45) is -4.01. The van der Waals surface area contributed by atoms with Crippen molar-refractivity contribution in [2.75, 3.05) is 19.6 Å². The third-order valence-electron chi connectivity index (χ3n) is 2.78. The highest BCUT2D eigenvalue weighted by molar-refractivity contribution is 7.87. The summed E-state index contributed by atoms with van der Waals surface area (Å²) < 4.78 is 61.5. The van der Waals surface area contributed by atoms with E-state index in [4.69, 9.17) is 10.9 Å². The highest BCUT2D eigenvalue weighted by Crippen LogP contribution is 2.20. The van der Waals surface area contributed by atoms with Gasteiger partial charge in [-0.15, -0.1) is 0 Å². The molecular formula is C8H15F3N4O3S. The van der Waals surface area contributed by atoms with Gasteiger partial charge >= 0.3 is 6.18 Å². The van der Waals surface area contributed by atoms with Crippen LogP contribution in [0.15, 0.2) is 5.16 Å². The number of nitrogens with one attached hydrogen (secondary N) is 1. The molecule has 1 fully saturated rings. The van der Waals surface area contributed by atoms with Crippen LogP contribution in [0.25, 0.3) is 0 Å². The van der Waals surface area contributed by atoms with Gasteiger partial charge < -0.3 is 10.9 Å². The third kappa shape index (κ3) is 4.84. The first-order chi connectivity index (χ1) is 8.65. The maximum Gasteiger partial charge on any atom is 0.402 e. The number of rotatable bonds is 4. The molecular weight excluding hydrogens is 289 g/mol. The highest BCUT2D eigenvalue weighted by Gasteiger charge is 2.34. The molecule has 112 valence electrons. The van der Waals surface area contributed by atoms with Crippen LogP contribution >= 0.6 is 0 Å². The normalized spacial score (nSPS) is 20.7. The van der Waals surface area contributed by atoms with E-state index in [0.29, 0.717) is 12.8 Å². The molecule has 0 aliphatic carbocycles. The van der Waals surface area contributed by atoms with E-state index in [-0.39, 0.29) is 24.8 Å². The molecule has 11 heteroatoms. The minimum Gasteiger partial charge on any atom is -0.409 e. The van der Waals surface area contributed by atoms with Crippen LogP contribution in [0, 0.1) is 5.92 Å².